The first-order valence-electron chi connectivity index (χ1n) is 6.10. The number of ether oxygens (including phenoxy) is 1. The summed E-state index contributed by atoms with van der Waals surface area (Å²) in [7, 11) is -2.97. The zero-order valence-electron chi connectivity index (χ0n) is 10.6. The lowest BCUT2D eigenvalue weighted by Gasteiger charge is -2.16. The van der Waals surface area contributed by atoms with Gasteiger partial charge in [-0.1, -0.05) is 0 Å². The van der Waals surface area contributed by atoms with Crippen molar-refractivity contribution in [2.45, 2.75) is 19.4 Å². The van der Waals surface area contributed by atoms with Gasteiger partial charge in [-0.15, -0.1) is 0 Å². The maximum atomic E-state index is 13.5. The fraction of sp³-hybridized carbons (Fsp3) is 0.500. The Balaban J connectivity index is 2.18. The van der Waals surface area contributed by atoms with Gasteiger partial charge in [0, 0.05) is 18.2 Å². The quantitative estimate of drug-likeness (QED) is 0.819. The van der Waals surface area contributed by atoms with Gasteiger partial charge >= 0.3 is 0 Å². The van der Waals surface area contributed by atoms with Crippen LogP contribution in [-0.4, -0.2) is 32.6 Å². The molecule has 0 bridgehead atoms. The maximum Gasteiger partial charge on any atom is 0.167 e. The Morgan fingerprint density at radius 3 is 2.84 bits per heavy atom. The summed E-state index contributed by atoms with van der Waals surface area (Å²) in [6.45, 7) is 2.10. The van der Waals surface area contributed by atoms with Gasteiger partial charge in [0.2, 0.25) is 0 Å². The van der Waals surface area contributed by atoms with Crippen molar-refractivity contribution in [2.75, 3.05) is 29.2 Å². The smallest absolute Gasteiger partial charge is 0.167 e. The number of hydrogen-bond acceptors (Lipinski definition) is 5. The first-order chi connectivity index (χ1) is 8.91. The van der Waals surface area contributed by atoms with Gasteiger partial charge in [0.1, 0.15) is 0 Å². The van der Waals surface area contributed by atoms with E-state index in [-0.39, 0.29) is 29.0 Å². The van der Waals surface area contributed by atoms with Crippen molar-refractivity contribution in [3.63, 3.8) is 0 Å². The zero-order valence-corrected chi connectivity index (χ0v) is 11.5. The molecule has 7 heteroatoms. The third kappa shape index (κ3) is 3.28. The summed E-state index contributed by atoms with van der Waals surface area (Å²) in [5, 5.41) is 3.04. The minimum Gasteiger partial charge on any atom is -0.491 e. The summed E-state index contributed by atoms with van der Waals surface area (Å²) in [6.07, 6.45) is 0.531. The van der Waals surface area contributed by atoms with Gasteiger partial charge in [0.25, 0.3) is 0 Å². The van der Waals surface area contributed by atoms with Gasteiger partial charge < -0.3 is 15.8 Å². The fourth-order valence-electron chi connectivity index (χ4n) is 2.09. The minimum absolute atomic E-state index is 0.0772. The van der Waals surface area contributed by atoms with Crippen LogP contribution in [0.3, 0.4) is 0 Å². The highest BCUT2D eigenvalue weighted by atomic mass is 32.2. The monoisotopic (exact) mass is 288 g/mol. The molecule has 106 valence electrons. The second-order valence-electron chi connectivity index (χ2n) is 4.55. The molecule has 1 aliphatic heterocycles. The summed E-state index contributed by atoms with van der Waals surface area (Å²) >= 11 is 0. The Morgan fingerprint density at radius 2 is 2.26 bits per heavy atom. The molecule has 0 spiro atoms. The van der Waals surface area contributed by atoms with Gasteiger partial charge in [-0.05, 0) is 13.3 Å². The molecule has 1 unspecified atom stereocenters. The summed E-state index contributed by atoms with van der Waals surface area (Å²) in [6, 6.07) is 2.46. The number of benzene rings is 1. The van der Waals surface area contributed by atoms with Crippen molar-refractivity contribution in [1.82, 2.24) is 0 Å². The standard InChI is InChI=1S/C12H17FN2O3S/c1-2-18-12-6-11(10(14)5-9(12)13)15-8-3-4-19(16,17)7-8/h5-6,8,15H,2-4,7,14H2,1H3. The average molecular weight is 288 g/mol. The van der Waals surface area contributed by atoms with E-state index in [1.807, 2.05) is 0 Å². The van der Waals surface area contributed by atoms with Gasteiger partial charge in [-0.25, -0.2) is 12.8 Å². The minimum atomic E-state index is -2.97. The fourth-order valence-corrected chi connectivity index (χ4v) is 3.76. The predicted molar refractivity (Wildman–Crippen MR) is 72.7 cm³/mol. The van der Waals surface area contributed by atoms with E-state index in [2.05, 4.69) is 5.32 Å². The first-order valence-corrected chi connectivity index (χ1v) is 7.92. The Hall–Kier alpha value is -1.50. The van der Waals surface area contributed by atoms with Crippen molar-refractivity contribution in [2.24, 2.45) is 0 Å². The van der Waals surface area contributed by atoms with Crippen LogP contribution in [0.15, 0.2) is 12.1 Å². The molecule has 5 nitrogen and oxygen atoms in total. The van der Waals surface area contributed by atoms with Crippen LogP contribution in [0.4, 0.5) is 15.8 Å². The lowest BCUT2D eigenvalue weighted by molar-refractivity contribution is 0.322. The molecule has 1 fully saturated rings. The van der Waals surface area contributed by atoms with Crippen LogP contribution in [0.2, 0.25) is 0 Å². The van der Waals surface area contributed by atoms with Crippen LogP contribution in [0.1, 0.15) is 13.3 Å². The van der Waals surface area contributed by atoms with Crippen LogP contribution in [0, 0.1) is 5.82 Å². The van der Waals surface area contributed by atoms with Gasteiger partial charge in [0.15, 0.2) is 21.4 Å². The number of nitrogens with one attached hydrogen (secondary N) is 1. The van der Waals surface area contributed by atoms with Crippen LogP contribution < -0.4 is 15.8 Å². The number of rotatable bonds is 4. The van der Waals surface area contributed by atoms with Gasteiger partial charge in [-0.3, -0.25) is 0 Å². The van der Waals surface area contributed by atoms with E-state index in [1.54, 1.807) is 6.92 Å². The highest BCUT2D eigenvalue weighted by Crippen LogP contribution is 2.30. The van der Waals surface area contributed by atoms with E-state index in [4.69, 9.17) is 10.5 Å². The summed E-state index contributed by atoms with van der Waals surface area (Å²) < 4.78 is 41.4. The Kier molecular flexibility index (Phi) is 3.84. The Bertz CT molecular complexity index is 575. The van der Waals surface area contributed by atoms with Crippen molar-refractivity contribution < 1.29 is 17.5 Å². The molecule has 2 rings (SSSR count). The lowest BCUT2D eigenvalue weighted by Crippen LogP contribution is -2.21. The lowest BCUT2D eigenvalue weighted by atomic mass is 10.2. The molecule has 1 atom stereocenters. The first kappa shape index (κ1) is 13.9. The van der Waals surface area contributed by atoms with E-state index >= 15 is 0 Å². The second kappa shape index (κ2) is 5.24. The number of sulfone groups is 1. The highest BCUT2D eigenvalue weighted by molar-refractivity contribution is 7.91. The Morgan fingerprint density at radius 1 is 1.53 bits per heavy atom. The van der Waals surface area contributed by atoms with E-state index in [0.29, 0.717) is 18.7 Å². The summed E-state index contributed by atoms with van der Waals surface area (Å²) in [4.78, 5) is 0. The molecule has 1 heterocycles. The molecule has 19 heavy (non-hydrogen) atoms. The van der Waals surface area contributed by atoms with E-state index in [1.165, 1.54) is 12.1 Å². The highest BCUT2D eigenvalue weighted by Gasteiger charge is 2.28. The summed E-state index contributed by atoms with van der Waals surface area (Å²) in [5.41, 5.74) is 6.47. The molecular weight excluding hydrogens is 271 g/mol. The van der Waals surface area contributed by atoms with Crippen LogP contribution in [0.25, 0.3) is 0 Å². The molecule has 0 amide bonds. The van der Waals surface area contributed by atoms with Crippen molar-refractivity contribution in [3.8, 4) is 5.75 Å². The normalized spacial score (nSPS) is 21.3. The molecule has 0 aliphatic carbocycles. The summed E-state index contributed by atoms with van der Waals surface area (Å²) in [5.74, 6) is -0.165. The topological polar surface area (TPSA) is 81.4 Å². The zero-order chi connectivity index (χ0) is 14.0. The molecule has 0 saturated carbocycles. The Labute approximate surface area is 111 Å². The maximum absolute atomic E-state index is 13.5. The predicted octanol–water partition coefficient (Wildman–Crippen LogP) is 1.41. The molecule has 1 aromatic rings. The number of nitrogens with two attached hydrogens (primary N) is 1. The third-order valence-corrected chi connectivity index (χ3v) is 4.76. The average Bonchev–Trinajstić information content (AvgIpc) is 2.65. The van der Waals surface area contributed by atoms with Crippen molar-refractivity contribution in [1.29, 1.82) is 0 Å². The molecule has 0 aromatic heterocycles. The second-order valence-corrected chi connectivity index (χ2v) is 6.78. The number of halogens is 1. The number of hydrogen-bond donors (Lipinski definition) is 2. The molecule has 3 N–H and O–H groups in total. The third-order valence-electron chi connectivity index (χ3n) is 3.00. The molecular formula is C12H17FN2O3S. The van der Waals surface area contributed by atoms with Crippen LogP contribution in [0.5, 0.6) is 5.75 Å². The largest absolute Gasteiger partial charge is 0.491 e. The van der Waals surface area contributed by atoms with Gasteiger partial charge in [-0.2, -0.15) is 0 Å². The van der Waals surface area contributed by atoms with Crippen molar-refractivity contribution >= 4 is 21.2 Å². The number of anilines is 2. The van der Waals surface area contributed by atoms with E-state index in [0.717, 1.165) is 0 Å². The van der Waals surface area contributed by atoms with E-state index < -0.39 is 15.7 Å². The van der Waals surface area contributed by atoms with Gasteiger partial charge in [0.05, 0.1) is 29.5 Å². The van der Waals surface area contributed by atoms with Crippen molar-refractivity contribution in [3.05, 3.63) is 17.9 Å². The SMILES string of the molecule is CCOc1cc(NC2CCS(=O)(=O)C2)c(N)cc1F. The molecule has 1 aromatic carbocycles. The van der Waals surface area contributed by atoms with Crippen LogP contribution >= 0.6 is 0 Å². The molecule has 0 radical (unpaired) electrons. The number of nitrogen functional groups attached to an aromatic ring is 1. The molecule has 1 aliphatic rings. The molecule has 1 saturated heterocycles. The van der Waals surface area contributed by atoms with Crippen LogP contribution in [-0.2, 0) is 9.84 Å². The van der Waals surface area contributed by atoms with E-state index in [9.17, 15) is 12.8 Å².